The molecule has 0 aliphatic rings. The largest absolute Gasteiger partial charge is 2.00 e. The average Bonchev–Trinajstić information content (AvgIpc) is 3.17. The van der Waals surface area contributed by atoms with Crippen molar-refractivity contribution in [1.29, 1.82) is 0 Å². The van der Waals surface area contributed by atoms with Crippen molar-refractivity contribution in [2.75, 3.05) is 0 Å². The van der Waals surface area contributed by atoms with Crippen molar-refractivity contribution in [3.8, 4) is 0 Å². The molecule has 0 unspecified atom stereocenters. The van der Waals surface area contributed by atoms with E-state index in [1.807, 2.05) is 0 Å². The number of rotatable bonds is 16. The van der Waals surface area contributed by atoms with Gasteiger partial charge in [0.2, 0.25) is 11.4 Å². The van der Waals surface area contributed by atoms with E-state index in [-0.39, 0.29) is 57.1 Å². The van der Waals surface area contributed by atoms with Crippen molar-refractivity contribution in [3.05, 3.63) is 151 Å². The van der Waals surface area contributed by atoms with Crippen LogP contribution in [0.2, 0.25) is 0 Å². The van der Waals surface area contributed by atoms with Gasteiger partial charge in [0.05, 0.1) is 0 Å². The van der Waals surface area contributed by atoms with Crippen molar-refractivity contribution < 1.29 is 20.9 Å². The Hall–Kier alpha value is -3.25. The first-order chi connectivity index (χ1) is 29.0. The average molecular weight is 920 g/mol. The smallest absolute Gasteiger partial charge is 0.870 e. The summed E-state index contributed by atoms with van der Waals surface area (Å²) in [6.07, 6.45) is 4.34. The fourth-order valence-corrected chi connectivity index (χ4v) is 8.18. The van der Waals surface area contributed by atoms with Crippen LogP contribution in [0.3, 0.4) is 0 Å². The number of hydrogen-bond acceptors (Lipinski definition) is 2. The van der Waals surface area contributed by atoms with Gasteiger partial charge in [-0.3, -0.25) is 0 Å². The van der Waals surface area contributed by atoms with Crippen molar-refractivity contribution in [2.24, 2.45) is 0 Å². The molecule has 4 N–H and O–H groups in total. The van der Waals surface area contributed by atoms with Gasteiger partial charge in [0, 0.05) is 36.1 Å². The molecule has 0 amide bonds. The van der Waals surface area contributed by atoms with Crippen molar-refractivity contribution in [1.82, 2.24) is 0 Å². The van der Waals surface area contributed by atoms with E-state index in [4.69, 9.17) is 10.6 Å². The van der Waals surface area contributed by atoms with E-state index in [0.29, 0.717) is 47.3 Å². The van der Waals surface area contributed by atoms with E-state index in [1.54, 1.807) is 0 Å². The number of para-hydroxylation sites is 4. The molecule has 0 heterocycles. The molecule has 0 radical (unpaired) electrons. The summed E-state index contributed by atoms with van der Waals surface area (Å²) in [5.41, 5.74) is 19.8. The van der Waals surface area contributed by atoms with E-state index >= 15 is 0 Å². The molecule has 0 saturated carbocycles. The van der Waals surface area contributed by atoms with Gasteiger partial charge in [-0.1, -0.05) is 220 Å². The zero-order valence-corrected chi connectivity index (χ0v) is 47.7. The molecule has 6 nitrogen and oxygen atoms in total. The number of nitrogens with one attached hydrogen (secondary N) is 2. The molecule has 0 fully saturated rings. The second-order valence-electron chi connectivity index (χ2n) is 19.8. The summed E-state index contributed by atoms with van der Waals surface area (Å²) in [5.74, 6) is 3.65. The Labute approximate surface area is 435 Å². The second-order valence-corrected chi connectivity index (χ2v) is 19.8. The van der Waals surface area contributed by atoms with Gasteiger partial charge < -0.3 is 21.6 Å². The van der Waals surface area contributed by atoms with Gasteiger partial charge in [-0.25, -0.2) is 9.98 Å². The molecule has 0 atom stereocenters. The van der Waals surface area contributed by atoms with Gasteiger partial charge >= 0.3 is 46.1 Å². The Kier molecular flexibility index (Phi) is 29.7. The standard InChI is InChI=1S/2C29H41N2.2Mg.2H2O/c2*1-18(2)24-13-11-14-25(19(3)4)28(24)30-22(9)17-23(10)31-29-26(20(5)6)15-12-16-27(29)21(7)8;;;;/h2*11-21H,1-10H3;;;2*1H2/q2*-1;2*+2;;/b2*22-17-,31-23?;;;;. The van der Waals surface area contributed by atoms with Crippen LogP contribution in [0.1, 0.15) is 230 Å². The Balaban J connectivity index is 0. The molecule has 4 aromatic carbocycles. The van der Waals surface area contributed by atoms with Crippen LogP contribution in [-0.4, -0.2) is 68.5 Å². The molecule has 0 aliphatic carbocycles. The maximum absolute atomic E-state index is 5.10. The molecular formula is C58H86Mg2N4O2+2. The normalized spacial score (nSPS) is 12.3. The van der Waals surface area contributed by atoms with E-state index in [1.165, 1.54) is 55.9 Å². The third-order valence-electron chi connectivity index (χ3n) is 11.5. The number of nitrogens with zero attached hydrogens (tertiary/aromatic N) is 2. The Morgan fingerprint density at radius 3 is 0.712 bits per heavy atom. The Bertz CT molecular complexity index is 1960. The van der Waals surface area contributed by atoms with E-state index in [9.17, 15) is 0 Å². The number of benzene rings is 4. The molecule has 352 valence electrons. The van der Waals surface area contributed by atoms with Crippen LogP contribution in [0.5, 0.6) is 0 Å². The minimum atomic E-state index is 0. The van der Waals surface area contributed by atoms with Gasteiger partial charge in [0.25, 0.3) is 0 Å². The minimum absolute atomic E-state index is 0. The van der Waals surface area contributed by atoms with Crippen LogP contribution in [-0.2, 0) is 0 Å². The van der Waals surface area contributed by atoms with Crippen LogP contribution in [0.4, 0.5) is 22.7 Å². The Morgan fingerprint density at radius 2 is 0.530 bits per heavy atom. The quantitative estimate of drug-likeness (QED) is 0.0860. The van der Waals surface area contributed by atoms with Crippen LogP contribution in [0.25, 0.3) is 10.6 Å². The maximum Gasteiger partial charge on any atom is 2.00 e. The molecular weight excluding hydrogens is 833 g/mol. The van der Waals surface area contributed by atoms with E-state index in [2.05, 4.69) is 233 Å². The molecule has 8 heteroatoms. The first kappa shape index (κ1) is 64.8. The third-order valence-corrected chi connectivity index (χ3v) is 11.5. The minimum Gasteiger partial charge on any atom is -0.870 e. The zero-order valence-electron chi connectivity index (χ0n) is 44.9. The molecule has 0 bridgehead atoms. The molecule has 0 spiro atoms. The van der Waals surface area contributed by atoms with Crippen LogP contribution in [0, 0.1) is 0 Å². The third kappa shape index (κ3) is 18.3. The van der Waals surface area contributed by atoms with Gasteiger partial charge in [-0.2, -0.15) is 11.4 Å². The molecule has 0 aliphatic heterocycles. The topological polar surface area (TPSA) is 116 Å². The van der Waals surface area contributed by atoms with Crippen molar-refractivity contribution >= 4 is 80.3 Å². The maximum atomic E-state index is 5.10. The van der Waals surface area contributed by atoms with Gasteiger partial charge in [0.1, 0.15) is 0 Å². The predicted molar refractivity (Wildman–Crippen MR) is 290 cm³/mol. The van der Waals surface area contributed by atoms with Crippen LogP contribution in [0.15, 0.2) is 96.3 Å². The predicted octanol–water partition coefficient (Wildman–Crippen LogP) is 14.8. The molecule has 4 aromatic rings. The fourth-order valence-electron chi connectivity index (χ4n) is 8.18. The van der Waals surface area contributed by atoms with Gasteiger partial charge in [0.15, 0.2) is 11.4 Å². The van der Waals surface area contributed by atoms with Crippen molar-refractivity contribution in [2.45, 2.75) is 186 Å². The zero-order chi connectivity index (χ0) is 46.6. The fraction of sp³-hybridized carbons (Fsp3) is 0.483. The van der Waals surface area contributed by atoms with Crippen molar-refractivity contribution in [3.63, 3.8) is 0 Å². The summed E-state index contributed by atoms with van der Waals surface area (Å²) in [4.78, 5) is 7.43. The number of allylic oxidation sites excluding steroid dienone is 4. The summed E-state index contributed by atoms with van der Waals surface area (Å²) in [6, 6.07) is 26.5. The number of hydrogen-bond donors (Lipinski definition) is 2. The summed E-state index contributed by atoms with van der Waals surface area (Å²) in [5, 5.41) is 10.2. The van der Waals surface area contributed by atoms with Crippen LogP contribution >= 0.6 is 0 Å². The monoisotopic (exact) mass is 919 g/mol. The summed E-state index contributed by atoms with van der Waals surface area (Å²) in [7, 11) is 0. The molecule has 0 saturated heterocycles. The summed E-state index contributed by atoms with van der Waals surface area (Å²) >= 11 is 0. The Morgan fingerprint density at radius 1 is 0.348 bits per heavy atom. The first-order valence-electron chi connectivity index (χ1n) is 23.6. The van der Waals surface area contributed by atoms with E-state index < -0.39 is 0 Å². The van der Waals surface area contributed by atoms with Gasteiger partial charge in [-0.05, 0) is 59.5 Å². The SMILES string of the molecule is CC(/C=C(/C)[N-]c1c(C(C)C)cccc1C(C)C)=[NH+]c1c(C(C)C)cccc1C(C)C.CC(/C=C(/C)[N-]c1c(C(C)C)cccc1C(C)C)=[NH+]c1c(C(C)C)cccc1C(C)C.[Mg+2].[Mg+2].[OH-].[OH-]. The second kappa shape index (κ2) is 30.3. The molecule has 4 rings (SSSR count). The summed E-state index contributed by atoms with van der Waals surface area (Å²) < 4.78 is 0. The van der Waals surface area contributed by atoms with Crippen LogP contribution < -0.4 is 9.98 Å². The van der Waals surface area contributed by atoms with Gasteiger partial charge in [-0.15, -0.1) is 11.4 Å². The summed E-state index contributed by atoms with van der Waals surface area (Å²) in [6.45, 7) is 44.5. The molecule has 66 heavy (non-hydrogen) atoms. The van der Waals surface area contributed by atoms with E-state index in [0.717, 1.165) is 34.2 Å². The molecule has 0 aromatic heterocycles. The first-order valence-corrected chi connectivity index (χ1v) is 23.6.